The van der Waals surface area contributed by atoms with E-state index < -0.39 is 0 Å². The molecule has 1 nitrogen and oxygen atoms in total. The van der Waals surface area contributed by atoms with Crippen LogP contribution in [0.3, 0.4) is 0 Å². The van der Waals surface area contributed by atoms with E-state index in [9.17, 15) is 4.39 Å². The van der Waals surface area contributed by atoms with Gasteiger partial charge in [-0.05, 0) is 49.5 Å². The standard InChI is InChI=1S/C13H19ClFN/c1-9(10(2)8-16-3)6-11-4-5-12(15)7-13(11)14/h4-5,7,9-10,16H,6,8H2,1-3H3. The van der Waals surface area contributed by atoms with Gasteiger partial charge in [0.05, 0.1) is 0 Å². The molecule has 0 aliphatic carbocycles. The van der Waals surface area contributed by atoms with Crippen LogP contribution >= 0.6 is 11.6 Å². The summed E-state index contributed by atoms with van der Waals surface area (Å²) in [5.74, 6) is 0.825. The summed E-state index contributed by atoms with van der Waals surface area (Å²) in [6.45, 7) is 5.39. The molecule has 90 valence electrons. The minimum absolute atomic E-state index is 0.273. The van der Waals surface area contributed by atoms with Gasteiger partial charge in [-0.2, -0.15) is 0 Å². The van der Waals surface area contributed by atoms with Crippen LogP contribution in [-0.4, -0.2) is 13.6 Å². The lowest BCUT2D eigenvalue weighted by Gasteiger charge is -2.20. The predicted molar refractivity (Wildman–Crippen MR) is 67.4 cm³/mol. The largest absolute Gasteiger partial charge is 0.319 e. The average molecular weight is 244 g/mol. The summed E-state index contributed by atoms with van der Waals surface area (Å²) in [5.41, 5.74) is 1.03. The minimum atomic E-state index is -0.273. The van der Waals surface area contributed by atoms with Crippen molar-refractivity contribution in [1.29, 1.82) is 0 Å². The summed E-state index contributed by atoms with van der Waals surface area (Å²) in [7, 11) is 1.95. The van der Waals surface area contributed by atoms with Crippen LogP contribution in [-0.2, 0) is 6.42 Å². The lowest BCUT2D eigenvalue weighted by Crippen LogP contribution is -2.23. The molecule has 16 heavy (non-hydrogen) atoms. The van der Waals surface area contributed by atoms with E-state index in [0.717, 1.165) is 18.5 Å². The highest BCUT2D eigenvalue weighted by Gasteiger charge is 2.13. The van der Waals surface area contributed by atoms with E-state index >= 15 is 0 Å². The Balaban J connectivity index is 2.65. The number of rotatable bonds is 5. The van der Waals surface area contributed by atoms with Crippen LogP contribution in [0.5, 0.6) is 0 Å². The van der Waals surface area contributed by atoms with Gasteiger partial charge in [-0.25, -0.2) is 4.39 Å². The Kier molecular flexibility index (Phi) is 5.23. The van der Waals surface area contributed by atoms with Crippen molar-refractivity contribution in [2.24, 2.45) is 11.8 Å². The van der Waals surface area contributed by atoms with Gasteiger partial charge in [0.25, 0.3) is 0 Å². The number of hydrogen-bond donors (Lipinski definition) is 1. The fourth-order valence-electron chi connectivity index (χ4n) is 1.76. The number of halogens is 2. The fraction of sp³-hybridized carbons (Fsp3) is 0.538. The number of hydrogen-bond acceptors (Lipinski definition) is 1. The highest BCUT2D eigenvalue weighted by molar-refractivity contribution is 6.31. The average Bonchev–Trinajstić information content (AvgIpc) is 2.22. The van der Waals surface area contributed by atoms with Crippen LogP contribution in [0.1, 0.15) is 19.4 Å². The van der Waals surface area contributed by atoms with Crippen LogP contribution in [0.15, 0.2) is 18.2 Å². The second kappa shape index (κ2) is 6.21. The summed E-state index contributed by atoms with van der Waals surface area (Å²) in [4.78, 5) is 0. The number of nitrogens with one attached hydrogen (secondary N) is 1. The summed E-state index contributed by atoms with van der Waals surface area (Å²) in [6, 6.07) is 4.63. The fourth-order valence-corrected chi connectivity index (χ4v) is 2.00. The van der Waals surface area contributed by atoms with Crippen LogP contribution < -0.4 is 5.32 Å². The molecule has 0 aliphatic rings. The van der Waals surface area contributed by atoms with Gasteiger partial charge in [0, 0.05) is 5.02 Å². The molecule has 0 heterocycles. The molecule has 1 aromatic carbocycles. The van der Waals surface area contributed by atoms with E-state index in [4.69, 9.17) is 11.6 Å². The Morgan fingerprint density at radius 3 is 2.56 bits per heavy atom. The molecular formula is C13H19ClFN. The Morgan fingerprint density at radius 1 is 1.31 bits per heavy atom. The molecular weight excluding hydrogens is 225 g/mol. The van der Waals surface area contributed by atoms with Crippen molar-refractivity contribution in [1.82, 2.24) is 5.32 Å². The second-order valence-corrected chi connectivity index (χ2v) is 4.86. The molecule has 1 N–H and O–H groups in total. The molecule has 0 aliphatic heterocycles. The predicted octanol–water partition coefficient (Wildman–Crippen LogP) is 3.51. The minimum Gasteiger partial charge on any atom is -0.319 e. The molecule has 0 saturated heterocycles. The first-order chi connectivity index (χ1) is 7.54. The summed E-state index contributed by atoms with van der Waals surface area (Å²) in [6.07, 6.45) is 0.891. The van der Waals surface area contributed by atoms with Gasteiger partial charge in [-0.3, -0.25) is 0 Å². The van der Waals surface area contributed by atoms with E-state index in [-0.39, 0.29) is 5.82 Å². The first kappa shape index (κ1) is 13.5. The normalized spacial score (nSPS) is 14.8. The van der Waals surface area contributed by atoms with Crippen LogP contribution in [0, 0.1) is 17.7 Å². The van der Waals surface area contributed by atoms with E-state index in [2.05, 4.69) is 19.2 Å². The molecule has 2 atom stereocenters. The molecule has 0 amide bonds. The second-order valence-electron chi connectivity index (χ2n) is 4.45. The summed E-state index contributed by atoms with van der Waals surface area (Å²) >= 11 is 6.00. The van der Waals surface area contributed by atoms with Crippen molar-refractivity contribution >= 4 is 11.6 Å². The van der Waals surface area contributed by atoms with Gasteiger partial charge < -0.3 is 5.32 Å². The maximum atomic E-state index is 12.9. The van der Waals surface area contributed by atoms with Gasteiger partial charge in [0.15, 0.2) is 0 Å². The van der Waals surface area contributed by atoms with Gasteiger partial charge in [-0.1, -0.05) is 31.5 Å². The SMILES string of the molecule is CNCC(C)C(C)Cc1ccc(F)cc1Cl. The quantitative estimate of drug-likeness (QED) is 0.835. The molecule has 0 radical (unpaired) electrons. The zero-order valence-electron chi connectivity index (χ0n) is 10.1. The van der Waals surface area contributed by atoms with Gasteiger partial charge >= 0.3 is 0 Å². The third-order valence-electron chi connectivity index (χ3n) is 3.05. The molecule has 0 fully saturated rings. The molecule has 3 heteroatoms. The van der Waals surface area contributed by atoms with Gasteiger partial charge in [0.2, 0.25) is 0 Å². The van der Waals surface area contributed by atoms with E-state index in [1.54, 1.807) is 6.07 Å². The van der Waals surface area contributed by atoms with Crippen molar-refractivity contribution in [3.05, 3.63) is 34.6 Å². The van der Waals surface area contributed by atoms with Crippen molar-refractivity contribution < 1.29 is 4.39 Å². The van der Waals surface area contributed by atoms with Crippen LogP contribution in [0.25, 0.3) is 0 Å². The Hall–Kier alpha value is -0.600. The molecule has 0 bridgehead atoms. The highest BCUT2D eigenvalue weighted by atomic mass is 35.5. The maximum Gasteiger partial charge on any atom is 0.124 e. The third-order valence-corrected chi connectivity index (χ3v) is 3.41. The van der Waals surface area contributed by atoms with E-state index in [0.29, 0.717) is 16.9 Å². The van der Waals surface area contributed by atoms with Gasteiger partial charge in [0.1, 0.15) is 5.82 Å². The number of benzene rings is 1. The Morgan fingerprint density at radius 2 is 2.00 bits per heavy atom. The van der Waals surface area contributed by atoms with Gasteiger partial charge in [-0.15, -0.1) is 0 Å². The first-order valence-corrected chi connectivity index (χ1v) is 6.01. The van der Waals surface area contributed by atoms with Crippen molar-refractivity contribution in [2.75, 3.05) is 13.6 Å². The smallest absolute Gasteiger partial charge is 0.124 e. The van der Waals surface area contributed by atoms with Crippen molar-refractivity contribution in [3.63, 3.8) is 0 Å². The highest BCUT2D eigenvalue weighted by Crippen LogP contribution is 2.23. The summed E-state index contributed by atoms with van der Waals surface area (Å²) in [5, 5.41) is 3.70. The van der Waals surface area contributed by atoms with E-state index in [1.165, 1.54) is 12.1 Å². The molecule has 0 spiro atoms. The zero-order chi connectivity index (χ0) is 12.1. The topological polar surface area (TPSA) is 12.0 Å². The molecule has 1 rings (SSSR count). The Labute approximate surface area is 102 Å². The third kappa shape index (κ3) is 3.76. The monoisotopic (exact) mass is 243 g/mol. The molecule has 0 aromatic heterocycles. The van der Waals surface area contributed by atoms with Crippen LogP contribution in [0.4, 0.5) is 4.39 Å². The summed E-state index contributed by atoms with van der Waals surface area (Å²) < 4.78 is 12.9. The Bertz CT molecular complexity index is 341. The van der Waals surface area contributed by atoms with Crippen molar-refractivity contribution in [3.8, 4) is 0 Å². The van der Waals surface area contributed by atoms with E-state index in [1.807, 2.05) is 7.05 Å². The lowest BCUT2D eigenvalue weighted by molar-refractivity contribution is 0.374. The molecule has 1 aromatic rings. The zero-order valence-corrected chi connectivity index (χ0v) is 10.8. The molecule has 2 unspecified atom stereocenters. The maximum absolute atomic E-state index is 12.9. The molecule has 0 saturated carbocycles. The first-order valence-electron chi connectivity index (χ1n) is 5.63. The van der Waals surface area contributed by atoms with Crippen LogP contribution in [0.2, 0.25) is 5.02 Å². The lowest BCUT2D eigenvalue weighted by atomic mass is 9.89. The van der Waals surface area contributed by atoms with Crippen molar-refractivity contribution in [2.45, 2.75) is 20.3 Å².